The van der Waals surface area contributed by atoms with Crippen LogP contribution in [0.1, 0.15) is 54.9 Å². The third-order valence-corrected chi connectivity index (χ3v) is 6.50. The van der Waals surface area contributed by atoms with Gasteiger partial charge in [0.15, 0.2) is 11.5 Å². The maximum atomic E-state index is 13.0. The smallest absolute Gasteiger partial charge is 0.493 e. The van der Waals surface area contributed by atoms with Crippen molar-refractivity contribution in [2.45, 2.75) is 57.3 Å². The number of benzene rings is 2. The lowest BCUT2D eigenvalue weighted by molar-refractivity contribution is -0.274. The van der Waals surface area contributed by atoms with Crippen molar-refractivity contribution in [3.8, 4) is 17.2 Å². The summed E-state index contributed by atoms with van der Waals surface area (Å²) >= 11 is 0. The van der Waals surface area contributed by atoms with Gasteiger partial charge in [-0.3, -0.25) is 4.79 Å². The van der Waals surface area contributed by atoms with Gasteiger partial charge in [-0.2, -0.15) is 0 Å². The number of methoxy groups -OCH3 is 1. The summed E-state index contributed by atoms with van der Waals surface area (Å²) in [6, 6.07) is 10.1. The molecule has 0 atom stereocenters. The van der Waals surface area contributed by atoms with E-state index < -0.39 is 23.8 Å². The maximum Gasteiger partial charge on any atom is 0.573 e. The number of carbonyl (C=O) groups excluding carboxylic acids is 1. The molecule has 1 amide bonds. The van der Waals surface area contributed by atoms with Crippen molar-refractivity contribution >= 4 is 11.9 Å². The Labute approximate surface area is 207 Å². The van der Waals surface area contributed by atoms with Gasteiger partial charge in [0.1, 0.15) is 11.3 Å². The number of rotatable bonds is 10. The van der Waals surface area contributed by atoms with Crippen molar-refractivity contribution in [1.82, 2.24) is 5.32 Å². The minimum atomic E-state index is -4.78. The van der Waals surface area contributed by atoms with E-state index >= 15 is 0 Å². The molecule has 2 aromatic rings. The van der Waals surface area contributed by atoms with Crippen LogP contribution in [0.25, 0.3) is 0 Å². The number of carboxylic acid groups (broad SMARTS) is 1. The monoisotopic (exact) mass is 509 g/mol. The van der Waals surface area contributed by atoms with E-state index in [0.717, 1.165) is 19.3 Å². The van der Waals surface area contributed by atoms with Crippen LogP contribution in [0.5, 0.6) is 17.2 Å². The fraction of sp³-hybridized carbons (Fsp3) is 0.462. The molecule has 0 bridgehead atoms. The average molecular weight is 510 g/mol. The van der Waals surface area contributed by atoms with Crippen molar-refractivity contribution < 1.29 is 42.1 Å². The van der Waals surface area contributed by atoms with E-state index in [1.54, 1.807) is 12.1 Å². The highest BCUT2D eigenvalue weighted by Gasteiger charge is 2.43. The predicted molar refractivity (Wildman–Crippen MR) is 125 cm³/mol. The van der Waals surface area contributed by atoms with Gasteiger partial charge in [0.25, 0.3) is 5.91 Å². The second-order valence-corrected chi connectivity index (χ2v) is 8.85. The van der Waals surface area contributed by atoms with Crippen molar-refractivity contribution in [2.75, 3.05) is 13.7 Å². The van der Waals surface area contributed by atoms with Gasteiger partial charge in [0, 0.05) is 12.0 Å². The molecule has 7 nitrogen and oxygen atoms in total. The molecule has 3 rings (SSSR count). The molecule has 0 radical (unpaired) electrons. The summed E-state index contributed by atoms with van der Waals surface area (Å²) in [5, 5.41) is 12.6. The Morgan fingerprint density at radius 2 is 1.83 bits per heavy atom. The van der Waals surface area contributed by atoms with Crippen LogP contribution in [0.3, 0.4) is 0 Å². The molecule has 36 heavy (non-hydrogen) atoms. The first kappa shape index (κ1) is 27.2. The van der Waals surface area contributed by atoms with Crippen molar-refractivity contribution in [3.63, 3.8) is 0 Å². The molecule has 1 saturated carbocycles. The minimum Gasteiger partial charge on any atom is -0.493 e. The van der Waals surface area contributed by atoms with Crippen LogP contribution in [-0.2, 0) is 11.2 Å². The number of hydrogen-bond acceptors (Lipinski definition) is 5. The summed E-state index contributed by atoms with van der Waals surface area (Å²) in [6.45, 7) is 2.16. The van der Waals surface area contributed by atoms with Gasteiger partial charge in [-0.15, -0.1) is 13.2 Å². The molecule has 10 heteroatoms. The lowest BCUT2D eigenvalue weighted by Crippen LogP contribution is -2.56. The second-order valence-electron chi connectivity index (χ2n) is 8.85. The van der Waals surface area contributed by atoms with Gasteiger partial charge in [-0.1, -0.05) is 25.5 Å². The summed E-state index contributed by atoms with van der Waals surface area (Å²) in [6.07, 6.45) is -1.34. The number of halogens is 3. The van der Waals surface area contributed by atoms with E-state index in [9.17, 15) is 27.9 Å². The molecule has 0 aromatic heterocycles. The van der Waals surface area contributed by atoms with Crippen LogP contribution in [0.2, 0.25) is 0 Å². The van der Waals surface area contributed by atoms with Gasteiger partial charge in [-0.25, -0.2) is 4.79 Å². The van der Waals surface area contributed by atoms with Crippen LogP contribution in [0.4, 0.5) is 13.2 Å². The Bertz CT molecular complexity index is 1060. The first-order valence-corrected chi connectivity index (χ1v) is 11.8. The fourth-order valence-electron chi connectivity index (χ4n) is 4.37. The molecule has 1 aliphatic rings. The molecular weight excluding hydrogens is 479 g/mol. The van der Waals surface area contributed by atoms with E-state index in [1.165, 1.54) is 37.4 Å². The molecule has 0 heterocycles. The number of carbonyl (C=O) groups is 2. The van der Waals surface area contributed by atoms with E-state index in [-0.39, 0.29) is 30.1 Å². The van der Waals surface area contributed by atoms with Crippen molar-refractivity contribution in [2.24, 2.45) is 5.92 Å². The zero-order valence-corrected chi connectivity index (χ0v) is 20.2. The Morgan fingerprint density at radius 1 is 1.11 bits per heavy atom. The normalized spacial score (nSPS) is 19.9. The third-order valence-electron chi connectivity index (χ3n) is 6.50. The standard InChI is InChI=1S/C26H30F3NO6/c1-3-17-9-12-25(13-10-17,24(32)33)30-23(31)19-7-8-21(34-2)22(16-19)35-14-11-18-5-4-6-20(15-18)36-26(27,28)29/h4-8,15-17H,3,9-14H2,1-2H3,(H,30,31)(H,32,33). The number of nitrogens with one attached hydrogen (secondary N) is 1. The van der Waals surface area contributed by atoms with Crippen LogP contribution in [0, 0.1) is 5.92 Å². The highest BCUT2D eigenvalue weighted by Crippen LogP contribution is 2.35. The number of alkyl halides is 3. The quantitative estimate of drug-likeness (QED) is 0.447. The SMILES string of the molecule is CCC1CCC(NC(=O)c2ccc(OC)c(OCCc3cccc(OC(F)(F)F)c3)c2)(C(=O)O)CC1. The van der Waals surface area contributed by atoms with Crippen LogP contribution in [-0.4, -0.2) is 42.6 Å². The Hall–Kier alpha value is -3.43. The number of carboxylic acids is 1. The number of ether oxygens (including phenoxy) is 3. The van der Waals surface area contributed by atoms with Crippen LogP contribution in [0.15, 0.2) is 42.5 Å². The van der Waals surface area contributed by atoms with Gasteiger partial charge >= 0.3 is 12.3 Å². The van der Waals surface area contributed by atoms with Crippen LogP contribution < -0.4 is 19.5 Å². The summed E-state index contributed by atoms with van der Waals surface area (Å²) in [5.41, 5.74) is -0.534. The molecule has 1 aliphatic carbocycles. The van der Waals surface area contributed by atoms with Gasteiger partial charge in [0.2, 0.25) is 0 Å². The molecule has 0 aliphatic heterocycles. The highest BCUT2D eigenvalue weighted by atomic mass is 19.4. The molecule has 2 aromatic carbocycles. The number of hydrogen-bond donors (Lipinski definition) is 2. The van der Waals surface area contributed by atoms with Crippen molar-refractivity contribution in [1.29, 1.82) is 0 Å². The van der Waals surface area contributed by atoms with E-state index in [0.29, 0.717) is 30.1 Å². The molecule has 2 N–H and O–H groups in total. The number of amides is 1. The first-order chi connectivity index (χ1) is 17.0. The second kappa shape index (κ2) is 11.5. The van der Waals surface area contributed by atoms with Crippen molar-refractivity contribution in [3.05, 3.63) is 53.6 Å². The highest BCUT2D eigenvalue weighted by molar-refractivity contribution is 5.98. The Morgan fingerprint density at radius 3 is 2.44 bits per heavy atom. The molecular formula is C26H30F3NO6. The number of aliphatic carboxylic acids is 1. The summed E-state index contributed by atoms with van der Waals surface area (Å²) in [4.78, 5) is 25.0. The Kier molecular flexibility index (Phi) is 8.70. The van der Waals surface area contributed by atoms with E-state index in [2.05, 4.69) is 17.0 Å². The lowest BCUT2D eigenvalue weighted by atomic mass is 9.75. The zero-order valence-electron chi connectivity index (χ0n) is 20.2. The largest absolute Gasteiger partial charge is 0.573 e. The predicted octanol–water partition coefficient (Wildman–Crippen LogP) is 5.37. The minimum absolute atomic E-state index is 0.0916. The maximum absolute atomic E-state index is 13.0. The Balaban J connectivity index is 1.68. The lowest BCUT2D eigenvalue weighted by Gasteiger charge is -2.37. The van der Waals surface area contributed by atoms with Crippen LogP contribution >= 0.6 is 0 Å². The van der Waals surface area contributed by atoms with Gasteiger partial charge in [-0.05, 0) is 67.5 Å². The third kappa shape index (κ3) is 7.05. The van der Waals surface area contributed by atoms with E-state index in [4.69, 9.17) is 9.47 Å². The molecule has 0 unspecified atom stereocenters. The average Bonchev–Trinajstić information content (AvgIpc) is 2.83. The molecule has 196 valence electrons. The van der Waals surface area contributed by atoms with Gasteiger partial charge < -0.3 is 24.6 Å². The summed E-state index contributed by atoms with van der Waals surface area (Å²) in [5.74, 6) is -0.833. The fourth-order valence-corrected chi connectivity index (χ4v) is 4.37. The topological polar surface area (TPSA) is 94.1 Å². The zero-order chi connectivity index (χ0) is 26.3. The summed E-state index contributed by atoms with van der Waals surface area (Å²) < 4.78 is 52.4. The molecule has 0 spiro atoms. The van der Waals surface area contributed by atoms with E-state index in [1.807, 2.05) is 0 Å². The summed E-state index contributed by atoms with van der Waals surface area (Å²) in [7, 11) is 1.44. The molecule has 0 saturated heterocycles. The van der Waals surface area contributed by atoms with Gasteiger partial charge in [0.05, 0.1) is 13.7 Å². The molecule has 1 fully saturated rings. The first-order valence-electron chi connectivity index (χ1n) is 11.8.